The second-order valence-corrected chi connectivity index (χ2v) is 8.06. The molecule has 3 rings (SSSR count). The van der Waals surface area contributed by atoms with Crippen LogP contribution in [0.15, 0.2) is 41.6 Å². The molecule has 1 saturated carbocycles. The van der Waals surface area contributed by atoms with Crippen LogP contribution < -0.4 is 9.46 Å². The van der Waals surface area contributed by atoms with Crippen molar-refractivity contribution in [2.75, 3.05) is 0 Å². The van der Waals surface area contributed by atoms with Crippen molar-refractivity contribution >= 4 is 10.0 Å². The minimum Gasteiger partial charge on any atom is -0.472 e. The molecule has 0 atom stereocenters. The first-order valence-electron chi connectivity index (χ1n) is 8.44. The van der Waals surface area contributed by atoms with Crippen LogP contribution in [0, 0.1) is 18.3 Å². The first kappa shape index (κ1) is 18.3. The molecule has 136 valence electrons. The van der Waals surface area contributed by atoms with Gasteiger partial charge in [0.2, 0.25) is 15.7 Å². The van der Waals surface area contributed by atoms with Gasteiger partial charge in [-0.2, -0.15) is 5.26 Å². The molecule has 1 aliphatic carbocycles. The Morgan fingerprint density at radius 3 is 2.42 bits per heavy atom. The van der Waals surface area contributed by atoms with E-state index in [-0.39, 0.29) is 28.6 Å². The average Bonchev–Trinajstić information content (AvgIpc) is 2.64. The third-order valence-electron chi connectivity index (χ3n) is 4.38. The molecule has 1 N–H and O–H groups in total. The standard InChI is InChI=1S/C18H20N4O3S/c1-13-2-8-16(9-3-13)26(23,24)22-14-4-6-15(7-5-14)25-18-17(12-19)20-10-11-21-18/h2-3,8-11,14-15,22H,4-7H2,1H3. The lowest BCUT2D eigenvalue weighted by atomic mass is 9.94. The van der Waals surface area contributed by atoms with E-state index in [1.807, 2.05) is 13.0 Å². The lowest BCUT2D eigenvalue weighted by Gasteiger charge is -2.29. The van der Waals surface area contributed by atoms with E-state index in [1.165, 1.54) is 12.4 Å². The fourth-order valence-electron chi connectivity index (χ4n) is 2.95. The molecule has 0 radical (unpaired) electrons. The minimum atomic E-state index is -3.52. The highest BCUT2D eigenvalue weighted by Crippen LogP contribution is 2.25. The molecule has 7 nitrogen and oxygen atoms in total. The summed E-state index contributed by atoms with van der Waals surface area (Å²) < 4.78 is 33.5. The number of rotatable bonds is 5. The molecule has 1 heterocycles. The van der Waals surface area contributed by atoms with Crippen molar-refractivity contribution in [1.82, 2.24) is 14.7 Å². The summed E-state index contributed by atoms with van der Waals surface area (Å²) >= 11 is 0. The molecule has 1 aromatic carbocycles. The normalized spacial score (nSPS) is 20.3. The van der Waals surface area contributed by atoms with Crippen LogP contribution in [0.2, 0.25) is 0 Å². The SMILES string of the molecule is Cc1ccc(S(=O)(=O)NC2CCC(Oc3nccnc3C#N)CC2)cc1. The minimum absolute atomic E-state index is 0.0982. The highest BCUT2D eigenvalue weighted by atomic mass is 32.2. The number of ether oxygens (including phenoxy) is 1. The summed E-state index contributed by atoms with van der Waals surface area (Å²) in [6.45, 7) is 1.92. The summed E-state index contributed by atoms with van der Waals surface area (Å²) in [7, 11) is -3.52. The van der Waals surface area contributed by atoms with Gasteiger partial charge < -0.3 is 4.74 Å². The fraction of sp³-hybridized carbons (Fsp3) is 0.389. The monoisotopic (exact) mass is 372 g/mol. The Labute approximate surface area is 153 Å². The summed E-state index contributed by atoms with van der Waals surface area (Å²) in [6.07, 6.45) is 5.53. The van der Waals surface area contributed by atoms with Crippen molar-refractivity contribution in [3.8, 4) is 11.9 Å². The molecule has 0 unspecified atom stereocenters. The zero-order valence-corrected chi connectivity index (χ0v) is 15.2. The number of benzene rings is 1. The van der Waals surface area contributed by atoms with E-state index in [9.17, 15) is 8.42 Å². The second-order valence-electron chi connectivity index (χ2n) is 6.35. The Kier molecular flexibility index (Phi) is 5.49. The van der Waals surface area contributed by atoms with E-state index < -0.39 is 10.0 Å². The van der Waals surface area contributed by atoms with Crippen molar-refractivity contribution in [3.05, 3.63) is 47.9 Å². The van der Waals surface area contributed by atoms with Crippen LogP contribution in [0.5, 0.6) is 5.88 Å². The highest BCUT2D eigenvalue weighted by Gasteiger charge is 2.27. The number of aromatic nitrogens is 2. The van der Waals surface area contributed by atoms with Gasteiger partial charge >= 0.3 is 0 Å². The van der Waals surface area contributed by atoms with Gasteiger partial charge in [-0.25, -0.2) is 23.1 Å². The Bertz CT molecular complexity index is 899. The van der Waals surface area contributed by atoms with Gasteiger partial charge in [-0.15, -0.1) is 0 Å². The largest absolute Gasteiger partial charge is 0.472 e. The van der Waals surface area contributed by atoms with Crippen LogP contribution in [-0.2, 0) is 10.0 Å². The molecule has 8 heteroatoms. The van der Waals surface area contributed by atoms with Gasteiger partial charge in [0.15, 0.2) is 0 Å². The Balaban J connectivity index is 1.57. The van der Waals surface area contributed by atoms with Crippen molar-refractivity contribution < 1.29 is 13.2 Å². The van der Waals surface area contributed by atoms with Crippen LogP contribution in [0.3, 0.4) is 0 Å². The molecule has 26 heavy (non-hydrogen) atoms. The van der Waals surface area contributed by atoms with Crippen LogP contribution >= 0.6 is 0 Å². The van der Waals surface area contributed by atoms with Crippen molar-refractivity contribution in [3.63, 3.8) is 0 Å². The first-order chi connectivity index (χ1) is 12.5. The highest BCUT2D eigenvalue weighted by molar-refractivity contribution is 7.89. The Hall–Kier alpha value is -2.50. The summed E-state index contributed by atoms with van der Waals surface area (Å²) in [5.74, 6) is 0.235. The molecule has 0 amide bonds. The summed E-state index contributed by atoms with van der Waals surface area (Å²) in [5.41, 5.74) is 1.18. The lowest BCUT2D eigenvalue weighted by molar-refractivity contribution is 0.137. The number of nitrogens with zero attached hydrogens (tertiary/aromatic N) is 3. The van der Waals surface area contributed by atoms with E-state index in [1.54, 1.807) is 24.3 Å². The molecular weight excluding hydrogens is 352 g/mol. The van der Waals surface area contributed by atoms with Crippen LogP contribution in [-0.4, -0.2) is 30.5 Å². The summed E-state index contributed by atoms with van der Waals surface area (Å²) in [6, 6.07) is 8.63. The smallest absolute Gasteiger partial charge is 0.251 e. The molecule has 2 aromatic rings. The third-order valence-corrected chi connectivity index (χ3v) is 5.91. The quantitative estimate of drug-likeness (QED) is 0.863. The topological polar surface area (TPSA) is 105 Å². The number of aryl methyl sites for hydroxylation is 1. The Morgan fingerprint density at radius 2 is 1.77 bits per heavy atom. The Morgan fingerprint density at radius 1 is 1.12 bits per heavy atom. The zero-order valence-electron chi connectivity index (χ0n) is 14.4. The molecule has 1 fully saturated rings. The van der Waals surface area contributed by atoms with Crippen LogP contribution in [0.4, 0.5) is 0 Å². The second kappa shape index (κ2) is 7.81. The predicted octanol–water partition coefficient (Wildman–Crippen LogP) is 2.33. The van der Waals surface area contributed by atoms with Gasteiger partial charge in [0.25, 0.3) is 5.88 Å². The molecule has 1 aliphatic rings. The molecule has 0 bridgehead atoms. The van der Waals surface area contributed by atoms with Crippen LogP contribution in [0.25, 0.3) is 0 Å². The number of hydrogen-bond donors (Lipinski definition) is 1. The maximum absolute atomic E-state index is 12.5. The van der Waals surface area contributed by atoms with E-state index in [0.717, 1.165) is 5.56 Å². The summed E-state index contributed by atoms with van der Waals surface area (Å²) in [5, 5.41) is 9.03. The van der Waals surface area contributed by atoms with E-state index in [0.29, 0.717) is 25.7 Å². The maximum atomic E-state index is 12.5. The number of nitrogens with one attached hydrogen (secondary N) is 1. The van der Waals surface area contributed by atoms with E-state index in [2.05, 4.69) is 14.7 Å². The van der Waals surface area contributed by atoms with Crippen molar-refractivity contribution in [2.45, 2.75) is 49.6 Å². The maximum Gasteiger partial charge on any atom is 0.251 e. The van der Waals surface area contributed by atoms with Gasteiger partial charge in [0, 0.05) is 18.4 Å². The lowest BCUT2D eigenvalue weighted by Crippen LogP contribution is -2.39. The van der Waals surface area contributed by atoms with Gasteiger partial charge in [-0.05, 0) is 44.7 Å². The van der Waals surface area contributed by atoms with Gasteiger partial charge in [0.05, 0.1) is 4.90 Å². The van der Waals surface area contributed by atoms with E-state index >= 15 is 0 Å². The first-order valence-corrected chi connectivity index (χ1v) is 9.93. The molecule has 0 aliphatic heterocycles. The van der Waals surface area contributed by atoms with Gasteiger partial charge in [-0.3, -0.25) is 0 Å². The predicted molar refractivity (Wildman–Crippen MR) is 94.9 cm³/mol. The molecule has 0 saturated heterocycles. The zero-order chi connectivity index (χ0) is 18.6. The van der Waals surface area contributed by atoms with Crippen molar-refractivity contribution in [2.24, 2.45) is 0 Å². The van der Waals surface area contributed by atoms with Crippen molar-refractivity contribution in [1.29, 1.82) is 5.26 Å². The number of nitriles is 1. The van der Waals surface area contributed by atoms with Gasteiger partial charge in [0.1, 0.15) is 12.2 Å². The molecule has 1 aromatic heterocycles. The number of sulfonamides is 1. The van der Waals surface area contributed by atoms with E-state index in [4.69, 9.17) is 10.00 Å². The van der Waals surface area contributed by atoms with Gasteiger partial charge in [-0.1, -0.05) is 17.7 Å². The third kappa shape index (κ3) is 4.36. The average molecular weight is 372 g/mol. The van der Waals surface area contributed by atoms with Crippen LogP contribution in [0.1, 0.15) is 36.9 Å². The number of hydrogen-bond acceptors (Lipinski definition) is 6. The summed E-state index contributed by atoms with van der Waals surface area (Å²) in [4.78, 5) is 8.25. The fourth-order valence-corrected chi connectivity index (χ4v) is 4.25. The molecular formula is C18H20N4O3S. The molecule has 0 spiro atoms.